The molecule has 0 aromatic heterocycles. The van der Waals surface area contributed by atoms with Crippen LogP contribution in [0.25, 0.3) is 0 Å². The topological polar surface area (TPSA) is 40.5 Å². The van der Waals surface area contributed by atoms with Crippen LogP contribution in [0, 0.1) is 0 Å². The Balaban J connectivity index is 2.19. The summed E-state index contributed by atoms with van der Waals surface area (Å²) < 4.78 is 0. The maximum absolute atomic E-state index is 9.80. The molecule has 0 spiro atoms. The number of phenols is 2. The van der Waals surface area contributed by atoms with Gasteiger partial charge in [-0.2, -0.15) is 0 Å². The van der Waals surface area contributed by atoms with Gasteiger partial charge in [0.25, 0.3) is 0 Å². The van der Waals surface area contributed by atoms with E-state index in [1.807, 2.05) is 12.1 Å². The lowest BCUT2D eigenvalue weighted by molar-refractivity contribution is 0.467. The van der Waals surface area contributed by atoms with E-state index < -0.39 is 0 Å². The molecule has 2 N–H and O–H groups in total. The van der Waals surface area contributed by atoms with E-state index in [-0.39, 0.29) is 11.5 Å². The summed E-state index contributed by atoms with van der Waals surface area (Å²) in [6, 6.07) is 11.3. The first-order valence-corrected chi connectivity index (χ1v) is 5.35. The first-order valence-electron chi connectivity index (χ1n) is 5.35. The van der Waals surface area contributed by atoms with Crippen molar-refractivity contribution in [3.63, 3.8) is 0 Å². The Kier molecular flexibility index (Phi) is 1.96. The number of fused-ring (bicyclic) bond motifs is 2. The molecule has 2 aromatic rings. The minimum Gasteiger partial charge on any atom is -0.509 e. The van der Waals surface area contributed by atoms with E-state index in [9.17, 15) is 10.2 Å². The number of rotatable bonds is 0. The summed E-state index contributed by atoms with van der Waals surface area (Å²) in [6.07, 6.45) is 0. The monoisotopic (exact) mass is 208 g/mol. The molecule has 0 unspecified atom stereocenters. The molecule has 4 heteroatoms. The van der Waals surface area contributed by atoms with Crippen molar-refractivity contribution in [2.45, 2.75) is 0 Å². The molecule has 0 radical (unpaired) electrons. The molecule has 1 aliphatic heterocycles. The predicted octanol–water partition coefficient (Wildman–Crippen LogP) is -1.81. The van der Waals surface area contributed by atoms with Crippen LogP contribution in [0.15, 0.2) is 36.4 Å². The lowest BCUT2D eigenvalue weighted by Crippen LogP contribution is -2.56. The Hall–Kier alpha value is -1.83. The summed E-state index contributed by atoms with van der Waals surface area (Å²) in [5, 5.41) is 19.6. The highest BCUT2D eigenvalue weighted by Gasteiger charge is 2.22. The third-order valence-corrected chi connectivity index (χ3v) is 3.23. The predicted molar refractivity (Wildman–Crippen MR) is 69.0 cm³/mol. The highest BCUT2D eigenvalue weighted by Crippen LogP contribution is 2.10. The molecule has 0 saturated carbocycles. The number of phenolic OH excluding ortho intramolecular Hbond substituents is 2. The fourth-order valence-corrected chi connectivity index (χ4v) is 2.35. The molecule has 2 aromatic carbocycles. The molecule has 1 heterocycles. The summed E-state index contributed by atoms with van der Waals surface area (Å²) in [5.41, 5.74) is 4.18. The van der Waals surface area contributed by atoms with Crippen LogP contribution in [0.1, 0.15) is 0 Å². The largest absolute Gasteiger partial charge is 0.509 e. The third-order valence-electron chi connectivity index (χ3n) is 3.23. The highest BCUT2D eigenvalue weighted by atomic mass is 16.3. The molecular formula is C12H10B2O2. The summed E-state index contributed by atoms with van der Waals surface area (Å²) in [5.74, 6) is 0.560. The third kappa shape index (κ3) is 1.30. The Bertz CT molecular complexity index is 517. The average molecular weight is 208 g/mol. The van der Waals surface area contributed by atoms with Gasteiger partial charge in [0.2, 0.25) is 0 Å². The first kappa shape index (κ1) is 9.40. The van der Waals surface area contributed by atoms with Crippen LogP contribution in [0.5, 0.6) is 11.5 Å². The van der Waals surface area contributed by atoms with Crippen molar-refractivity contribution in [3.8, 4) is 11.5 Å². The smallest absolute Gasteiger partial charge is 0.195 e. The molecule has 0 aliphatic carbocycles. The molecule has 0 bridgehead atoms. The maximum atomic E-state index is 9.80. The number of hydrogen-bond acceptors (Lipinski definition) is 2. The van der Waals surface area contributed by atoms with Gasteiger partial charge in [-0.25, -0.2) is 0 Å². The second kappa shape index (κ2) is 3.34. The van der Waals surface area contributed by atoms with Gasteiger partial charge in [0.05, 0.1) is 0 Å². The molecule has 0 fully saturated rings. The second-order valence-corrected chi connectivity index (χ2v) is 4.18. The zero-order valence-electron chi connectivity index (χ0n) is 8.77. The summed E-state index contributed by atoms with van der Waals surface area (Å²) >= 11 is 0. The zero-order chi connectivity index (χ0) is 11.1. The molecular weight excluding hydrogens is 198 g/mol. The van der Waals surface area contributed by atoms with Crippen LogP contribution in [-0.4, -0.2) is 24.8 Å². The molecule has 0 amide bonds. The quantitative estimate of drug-likeness (QED) is 0.337. The van der Waals surface area contributed by atoms with Gasteiger partial charge in [0.1, 0.15) is 11.5 Å². The number of hydrogen-bond donors (Lipinski definition) is 2. The van der Waals surface area contributed by atoms with Crippen molar-refractivity contribution < 1.29 is 10.2 Å². The van der Waals surface area contributed by atoms with Gasteiger partial charge in [-0.1, -0.05) is 35.2 Å². The van der Waals surface area contributed by atoms with Crippen LogP contribution in [-0.2, 0) is 0 Å². The van der Waals surface area contributed by atoms with Crippen molar-refractivity contribution in [2.24, 2.45) is 0 Å². The Morgan fingerprint density at radius 1 is 0.688 bits per heavy atom. The first-order chi connectivity index (χ1) is 7.75. The van der Waals surface area contributed by atoms with E-state index >= 15 is 0 Å². The SMILES string of the molecule is Oc1ccc(O)c2c1Bc1ccccc1B2. The van der Waals surface area contributed by atoms with Gasteiger partial charge in [0.15, 0.2) is 14.6 Å². The molecule has 0 saturated heterocycles. The molecule has 16 heavy (non-hydrogen) atoms. The van der Waals surface area contributed by atoms with Gasteiger partial charge in [-0.15, -0.1) is 0 Å². The van der Waals surface area contributed by atoms with Crippen molar-refractivity contribution in [1.29, 1.82) is 0 Å². The Morgan fingerprint density at radius 2 is 1.12 bits per heavy atom. The lowest BCUT2D eigenvalue weighted by Gasteiger charge is -2.19. The van der Waals surface area contributed by atoms with Gasteiger partial charge in [0, 0.05) is 0 Å². The van der Waals surface area contributed by atoms with Crippen LogP contribution < -0.4 is 21.9 Å². The van der Waals surface area contributed by atoms with Gasteiger partial charge in [-0.3, -0.25) is 0 Å². The summed E-state index contributed by atoms with van der Waals surface area (Å²) in [6.45, 7) is 0. The summed E-state index contributed by atoms with van der Waals surface area (Å²) in [7, 11) is 1.40. The molecule has 0 atom stereocenters. The lowest BCUT2D eigenvalue weighted by atomic mass is 9.43. The zero-order valence-corrected chi connectivity index (χ0v) is 8.77. The Labute approximate surface area is 95.0 Å². The van der Waals surface area contributed by atoms with E-state index in [0.29, 0.717) is 14.6 Å². The van der Waals surface area contributed by atoms with E-state index in [4.69, 9.17) is 0 Å². The standard InChI is InChI=1S/C12H10B2O2/c15-9-5-6-10(16)12-11(9)13-7-3-1-2-4-8(7)14-12/h1-6,13-16H. The van der Waals surface area contributed by atoms with E-state index in [2.05, 4.69) is 12.1 Å². The van der Waals surface area contributed by atoms with Gasteiger partial charge < -0.3 is 10.2 Å². The van der Waals surface area contributed by atoms with Crippen LogP contribution in [0.2, 0.25) is 0 Å². The molecule has 76 valence electrons. The second-order valence-electron chi connectivity index (χ2n) is 4.18. The summed E-state index contributed by atoms with van der Waals surface area (Å²) in [4.78, 5) is 0. The van der Waals surface area contributed by atoms with E-state index in [0.717, 1.165) is 10.9 Å². The number of aromatic hydroxyl groups is 2. The minimum absolute atomic E-state index is 0.280. The fourth-order valence-electron chi connectivity index (χ4n) is 2.35. The molecule has 2 nitrogen and oxygen atoms in total. The van der Waals surface area contributed by atoms with E-state index in [1.165, 1.54) is 10.9 Å². The van der Waals surface area contributed by atoms with Crippen molar-refractivity contribution in [3.05, 3.63) is 36.4 Å². The van der Waals surface area contributed by atoms with Crippen LogP contribution in [0.3, 0.4) is 0 Å². The average Bonchev–Trinajstić information content (AvgIpc) is 2.32. The molecule has 3 rings (SSSR count). The van der Waals surface area contributed by atoms with Gasteiger partial charge >= 0.3 is 0 Å². The van der Waals surface area contributed by atoms with Gasteiger partial charge in [-0.05, 0) is 23.1 Å². The van der Waals surface area contributed by atoms with E-state index in [1.54, 1.807) is 12.1 Å². The van der Waals surface area contributed by atoms with Crippen molar-refractivity contribution in [1.82, 2.24) is 0 Å². The minimum atomic E-state index is 0.280. The Morgan fingerprint density at radius 3 is 1.56 bits per heavy atom. The van der Waals surface area contributed by atoms with Crippen molar-refractivity contribution >= 4 is 36.4 Å². The van der Waals surface area contributed by atoms with Crippen molar-refractivity contribution in [2.75, 3.05) is 0 Å². The van der Waals surface area contributed by atoms with Crippen LogP contribution >= 0.6 is 0 Å². The normalized spacial score (nSPS) is 12.0. The fraction of sp³-hybridized carbons (Fsp3) is 0. The highest BCUT2D eigenvalue weighted by molar-refractivity contribution is 6.88. The number of benzene rings is 2. The molecule has 1 aliphatic rings. The maximum Gasteiger partial charge on any atom is 0.195 e. The van der Waals surface area contributed by atoms with Crippen LogP contribution in [0.4, 0.5) is 0 Å².